The molecular weight excluding hydrogens is 689 g/mol. The first-order chi connectivity index (χ1) is 24.2. The van der Waals surface area contributed by atoms with E-state index in [0.29, 0.717) is 43.0 Å². The number of carbonyl (C=O) groups is 1. The Hall–Kier alpha value is -6.06. The SMILES string of the molecule is N#Cc1c(-c2ccccc2)nc(SCC(=O)Nc2ccccc2[N+](=O)[O-])nc1N1CCC(Oc2no[n+]([O-])c2S(=O)(=O)c2ccccc2)CC1. The van der Waals surface area contributed by atoms with Gasteiger partial charge < -0.3 is 20.2 Å². The van der Waals surface area contributed by atoms with Gasteiger partial charge in [-0.25, -0.2) is 18.4 Å². The smallest absolute Gasteiger partial charge is 0.415 e. The lowest BCUT2D eigenvalue weighted by Gasteiger charge is -2.32. The number of nitrogens with zero attached hydrogens (tertiary/aromatic N) is 7. The number of rotatable bonds is 11. The summed E-state index contributed by atoms with van der Waals surface area (Å²) in [5.41, 5.74) is 1.04. The number of hydrogen-bond acceptors (Lipinski definition) is 14. The number of ether oxygens (including phenoxy) is 1. The topological polar surface area (TPSA) is 221 Å². The van der Waals surface area contributed by atoms with E-state index >= 15 is 0 Å². The number of thioether (sulfide) groups is 1. The monoisotopic (exact) mass is 714 g/mol. The predicted octanol–water partition coefficient (Wildman–Crippen LogP) is 4.16. The summed E-state index contributed by atoms with van der Waals surface area (Å²) < 4.78 is 36.9. The predicted molar refractivity (Wildman–Crippen MR) is 178 cm³/mol. The molecule has 1 saturated heterocycles. The summed E-state index contributed by atoms with van der Waals surface area (Å²) in [5, 5.41) is 39.5. The number of nitro benzene ring substituents is 1. The molecule has 1 aliphatic rings. The van der Waals surface area contributed by atoms with Crippen LogP contribution in [-0.4, -0.2) is 59.3 Å². The Morgan fingerprint density at radius 3 is 2.40 bits per heavy atom. The van der Waals surface area contributed by atoms with E-state index in [1.807, 2.05) is 11.0 Å². The van der Waals surface area contributed by atoms with Gasteiger partial charge in [0.2, 0.25) is 5.91 Å². The fourth-order valence-corrected chi connectivity index (χ4v) is 7.18. The van der Waals surface area contributed by atoms with Crippen LogP contribution in [0, 0.1) is 26.7 Å². The number of amides is 1. The van der Waals surface area contributed by atoms with Crippen LogP contribution in [0.2, 0.25) is 0 Å². The molecule has 0 aliphatic carbocycles. The average molecular weight is 715 g/mol. The normalized spacial score (nSPS) is 13.4. The standard InChI is InChI=1S/C32H26N8O8S2/c33-19-24-28(21-9-3-1-4-10-21)35-32(49-20-27(41)34-25-13-7-8-14-26(25)39(42)43)36-29(24)38-17-15-22(16-18-38)47-30-31(40(44)48-37-30)50(45,46)23-11-5-2-6-12-23/h1-14,22H,15-18,20H2,(H,34,41). The Labute approximate surface area is 288 Å². The number of nitriles is 1. The lowest BCUT2D eigenvalue weighted by molar-refractivity contribution is -0.832. The summed E-state index contributed by atoms with van der Waals surface area (Å²) in [5.74, 6) is -0.814. The highest BCUT2D eigenvalue weighted by molar-refractivity contribution is 7.99. The molecule has 1 fully saturated rings. The minimum atomic E-state index is -4.30. The molecule has 0 unspecified atom stereocenters. The fraction of sp³-hybridized carbons (Fsp3) is 0.188. The summed E-state index contributed by atoms with van der Waals surface area (Å²) in [4.78, 5) is 34.4. The number of nitro groups is 1. The van der Waals surface area contributed by atoms with Gasteiger partial charge in [0.15, 0.2) is 11.0 Å². The summed E-state index contributed by atoms with van der Waals surface area (Å²) in [6.07, 6.45) is 0.126. The maximum absolute atomic E-state index is 13.2. The Kier molecular flexibility index (Phi) is 9.87. The molecule has 18 heteroatoms. The van der Waals surface area contributed by atoms with Crippen molar-refractivity contribution in [1.29, 1.82) is 5.26 Å². The molecule has 1 amide bonds. The second-order valence-corrected chi connectivity index (χ2v) is 13.6. The number of sulfone groups is 1. The van der Waals surface area contributed by atoms with Gasteiger partial charge in [0.05, 0.1) is 26.4 Å². The first kappa shape index (κ1) is 33.8. The van der Waals surface area contributed by atoms with Crippen LogP contribution in [0.15, 0.2) is 105 Å². The number of anilines is 2. The van der Waals surface area contributed by atoms with Crippen LogP contribution in [0.5, 0.6) is 5.88 Å². The number of benzene rings is 3. The fourth-order valence-electron chi connectivity index (χ4n) is 5.25. The molecule has 50 heavy (non-hydrogen) atoms. The Morgan fingerprint density at radius 2 is 1.72 bits per heavy atom. The third kappa shape index (κ3) is 7.18. The number of carbonyl (C=O) groups excluding carboxylic acids is 1. The van der Waals surface area contributed by atoms with Gasteiger partial charge >= 0.3 is 10.9 Å². The zero-order valence-corrected chi connectivity index (χ0v) is 27.5. The van der Waals surface area contributed by atoms with E-state index in [-0.39, 0.29) is 37.6 Å². The highest BCUT2D eigenvalue weighted by atomic mass is 32.2. The minimum Gasteiger partial charge on any atom is -0.451 e. The number of piperidine rings is 1. The highest BCUT2D eigenvalue weighted by Crippen LogP contribution is 2.34. The van der Waals surface area contributed by atoms with Crippen molar-refractivity contribution in [1.82, 2.24) is 15.1 Å². The van der Waals surface area contributed by atoms with E-state index in [1.54, 1.807) is 36.4 Å². The van der Waals surface area contributed by atoms with Crippen LogP contribution in [0.3, 0.4) is 0 Å². The highest BCUT2D eigenvalue weighted by Gasteiger charge is 2.38. The molecule has 5 aromatic rings. The van der Waals surface area contributed by atoms with E-state index in [9.17, 15) is 33.8 Å². The van der Waals surface area contributed by atoms with E-state index in [0.717, 1.165) is 11.8 Å². The van der Waals surface area contributed by atoms with Gasteiger partial charge in [-0.15, -0.1) is 0 Å². The Morgan fingerprint density at radius 1 is 1.06 bits per heavy atom. The zero-order valence-electron chi connectivity index (χ0n) is 25.9. The Bertz CT molecular complexity index is 2190. The molecule has 0 atom stereocenters. The third-order valence-corrected chi connectivity index (χ3v) is 10.2. The molecule has 3 aromatic carbocycles. The first-order valence-electron chi connectivity index (χ1n) is 15.0. The van der Waals surface area contributed by atoms with E-state index in [1.165, 1.54) is 42.5 Å². The number of para-hydroxylation sites is 2. The molecule has 0 bridgehead atoms. The van der Waals surface area contributed by atoms with Crippen molar-refractivity contribution >= 4 is 44.7 Å². The number of nitrogens with one attached hydrogen (secondary N) is 1. The van der Waals surface area contributed by atoms with Crippen molar-refractivity contribution in [2.24, 2.45) is 0 Å². The van der Waals surface area contributed by atoms with Crippen molar-refractivity contribution < 1.29 is 32.4 Å². The van der Waals surface area contributed by atoms with E-state index in [2.05, 4.69) is 31.1 Å². The van der Waals surface area contributed by atoms with E-state index in [4.69, 9.17) is 4.74 Å². The van der Waals surface area contributed by atoms with Crippen molar-refractivity contribution in [2.45, 2.75) is 34.0 Å². The second kappa shape index (κ2) is 14.6. The van der Waals surface area contributed by atoms with Crippen molar-refractivity contribution in [3.8, 4) is 23.2 Å². The maximum Gasteiger partial charge on any atom is 0.415 e. The lowest BCUT2D eigenvalue weighted by Crippen LogP contribution is -2.39. The van der Waals surface area contributed by atoms with E-state index < -0.39 is 37.7 Å². The van der Waals surface area contributed by atoms with Crippen LogP contribution < -0.4 is 19.9 Å². The lowest BCUT2D eigenvalue weighted by atomic mass is 10.0. The maximum atomic E-state index is 13.2. The molecule has 6 rings (SSSR count). The summed E-state index contributed by atoms with van der Waals surface area (Å²) in [6, 6.07) is 24.4. The molecular formula is C32H26N8O8S2. The molecule has 1 aliphatic heterocycles. The molecule has 16 nitrogen and oxygen atoms in total. The van der Waals surface area contributed by atoms with Gasteiger partial charge in [-0.05, 0) is 23.1 Å². The average Bonchev–Trinajstić information content (AvgIpc) is 3.51. The van der Waals surface area contributed by atoms with Gasteiger partial charge in [0, 0.05) is 37.6 Å². The van der Waals surface area contributed by atoms with Gasteiger partial charge in [-0.2, -0.15) is 5.26 Å². The molecule has 0 radical (unpaired) electrons. The summed E-state index contributed by atoms with van der Waals surface area (Å²) in [6.45, 7) is 0.645. The van der Waals surface area contributed by atoms with Crippen LogP contribution in [0.25, 0.3) is 11.3 Å². The number of aromatic nitrogens is 4. The molecule has 0 saturated carbocycles. The zero-order chi connectivity index (χ0) is 35.3. The third-order valence-electron chi connectivity index (χ3n) is 7.61. The van der Waals surface area contributed by atoms with Crippen LogP contribution >= 0.6 is 11.8 Å². The second-order valence-electron chi connectivity index (χ2n) is 10.8. The number of hydrogen-bond donors (Lipinski definition) is 1. The van der Waals surface area contributed by atoms with Gasteiger partial charge in [-0.1, -0.05) is 72.4 Å². The van der Waals surface area contributed by atoms with Gasteiger partial charge in [-0.3, -0.25) is 19.5 Å². The molecule has 0 spiro atoms. The van der Waals surface area contributed by atoms with Crippen LogP contribution in [0.1, 0.15) is 18.4 Å². The van der Waals surface area contributed by atoms with Crippen LogP contribution in [-0.2, 0) is 14.6 Å². The first-order valence-corrected chi connectivity index (χ1v) is 17.5. The summed E-state index contributed by atoms with van der Waals surface area (Å²) in [7, 11) is -4.30. The molecule has 2 aromatic heterocycles. The van der Waals surface area contributed by atoms with Crippen molar-refractivity contribution in [3.63, 3.8) is 0 Å². The molecule has 1 N–H and O–H groups in total. The minimum absolute atomic E-state index is 0.0556. The molecule has 3 heterocycles. The van der Waals surface area contributed by atoms with Gasteiger partial charge in [0.1, 0.15) is 23.4 Å². The van der Waals surface area contributed by atoms with Crippen LogP contribution in [0.4, 0.5) is 17.2 Å². The van der Waals surface area contributed by atoms with Crippen molar-refractivity contribution in [2.75, 3.05) is 29.1 Å². The quantitative estimate of drug-likeness (QED) is 0.0668. The Balaban J connectivity index is 1.21. The molecule has 254 valence electrons. The van der Waals surface area contributed by atoms with Gasteiger partial charge in [0.25, 0.3) is 15.5 Å². The van der Waals surface area contributed by atoms with Crippen molar-refractivity contribution in [3.05, 3.63) is 106 Å². The summed E-state index contributed by atoms with van der Waals surface area (Å²) >= 11 is 1.00. The largest absolute Gasteiger partial charge is 0.451 e.